The van der Waals surface area contributed by atoms with E-state index >= 15 is 0 Å². The lowest BCUT2D eigenvalue weighted by Gasteiger charge is -2.38. The van der Waals surface area contributed by atoms with Crippen molar-refractivity contribution >= 4 is 5.96 Å². The van der Waals surface area contributed by atoms with Crippen LogP contribution in [-0.4, -0.2) is 55.3 Å². The second-order valence-corrected chi connectivity index (χ2v) is 7.83. The maximum atomic E-state index is 5.47. The summed E-state index contributed by atoms with van der Waals surface area (Å²) < 4.78 is 5.47. The number of nitrogens with one attached hydrogen (secondary N) is 2. The fourth-order valence-electron chi connectivity index (χ4n) is 3.25. The highest BCUT2D eigenvalue weighted by Crippen LogP contribution is 2.20. The van der Waals surface area contributed by atoms with Gasteiger partial charge in [0.25, 0.3) is 0 Å². The molecule has 0 spiro atoms. The fraction of sp³-hybridized carbons (Fsp3) is 0.667. The zero-order valence-electron chi connectivity index (χ0n) is 17.1. The van der Waals surface area contributed by atoms with Crippen LogP contribution in [0.25, 0.3) is 0 Å². The van der Waals surface area contributed by atoms with E-state index in [-0.39, 0.29) is 5.60 Å². The number of likely N-dealkylation sites (tertiary alicyclic amines) is 1. The van der Waals surface area contributed by atoms with Crippen LogP contribution in [0.15, 0.2) is 35.3 Å². The summed E-state index contributed by atoms with van der Waals surface area (Å²) in [5.74, 6) is 0.895. The maximum absolute atomic E-state index is 5.47. The van der Waals surface area contributed by atoms with Crippen LogP contribution in [0.5, 0.6) is 0 Å². The SMILES string of the molecule is CCNC(=NCC(C)(C)OC)NC1CCN(Cc2ccccc2)C(C)C1. The molecule has 1 aliphatic rings. The van der Waals surface area contributed by atoms with E-state index in [0.29, 0.717) is 18.6 Å². The van der Waals surface area contributed by atoms with Gasteiger partial charge >= 0.3 is 0 Å². The summed E-state index contributed by atoms with van der Waals surface area (Å²) in [7, 11) is 1.74. The van der Waals surface area contributed by atoms with Crippen LogP contribution in [0.3, 0.4) is 0 Å². The summed E-state index contributed by atoms with van der Waals surface area (Å²) in [5.41, 5.74) is 1.15. The Kier molecular flexibility index (Phi) is 7.91. The van der Waals surface area contributed by atoms with Crippen LogP contribution in [0.1, 0.15) is 46.1 Å². The molecule has 1 fully saturated rings. The van der Waals surface area contributed by atoms with Crippen LogP contribution in [0.2, 0.25) is 0 Å². The van der Waals surface area contributed by atoms with E-state index in [1.54, 1.807) is 7.11 Å². The summed E-state index contributed by atoms with van der Waals surface area (Å²) in [6.07, 6.45) is 2.26. The molecule has 146 valence electrons. The number of ether oxygens (including phenoxy) is 1. The summed E-state index contributed by atoms with van der Waals surface area (Å²) in [6.45, 7) is 12.2. The maximum Gasteiger partial charge on any atom is 0.191 e. The Morgan fingerprint density at radius 3 is 2.65 bits per heavy atom. The lowest BCUT2D eigenvalue weighted by atomic mass is 9.97. The van der Waals surface area contributed by atoms with E-state index in [0.717, 1.165) is 38.4 Å². The molecule has 2 N–H and O–H groups in total. The summed E-state index contributed by atoms with van der Waals surface area (Å²) in [5, 5.41) is 6.99. The van der Waals surface area contributed by atoms with Crippen molar-refractivity contribution in [3.63, 3.8) is 0 Å². The largest absolute Gasteiger partial charge is 0.377 e. The lowest BCUT2D eigenvalue weighted by Crippen LogP contribution is -2.51. The monoisotopic (exact) mass is 360 g/mol. The molecule has 1 aromatic rings. The molecular weight excluding hydrogens is 324 g/mol. The van der Waals surface area contributed by atoms with E-state index in [4.69, 9.17) is 9.73 Å². The number of hydrogen-bond acceptors (Lipinski definition) is 3. The van der Waals surface area contributed by atoms with E-state index in [1.165, 1.54) is 5.56 Å². The van der Waals surface area contributed by atoms with Gasteiger partial charge < -0.3 is 15.4 Å². The first-order valence-corrected chi connectivity index (χ1v) is 9.81. The molecule has 0 radical (unpaired) electrons. The van der Waals surface area contributed by atoms with Gasteiger partial charge in [-0.25, -0.2) is 0 Å². The molecule has 5 heteroatoms. The first-order valence-electron chi connectivity index (χ1n) is 9.81. The molecule has 0 aliphatic carbocycles. The number of methoxy groups -OCH3 is 1. The molecule has 0 aromatic heterocycles. The number of benzene rings is 1. The van der Waals surface area contributed by atoms with Crippen molar-refractivity contribution < 1.29 is 4.74 Å². The van der Waals surface area contributed by atoms with Crippen molar-refractivity contribution in [2.24, 2.45) is 4.99 Å². The van der Waals surface area contributed by atoms with Crippen LogP contribution in [0, 0.1) is 0 Å². The van der Waals surface area contributed by atoms with Crippen LogP contribution >= 0.6 is 0 Å². The lowest BCUT2D eigenvalue weighted by molar-refractivity contribution is 0.0310. The van der Waals surface area contributed by atoms with Gasteiger partial charge in [-0.1, -0.05) is 30.3 Å². The Morgan fingerprint density at radius 2 is 2.04 bits per heavy atom. The molecule has 2 unspecified atom stereocenters. The third-order valence-corrected chi connectivity index (χ3v) is 5.10. The third kappa shape index (κ3) is 6.61. The Bertz CT molecular complexity index is 558. The first kappa shape index (κ1) is 20.7. The molecule has 1 aliphatic heterocycles. The quantitative estimate of drug-likeness (QED) is 0.580. The molecule has 1 heterocycles. The van der Waals surface area contributed by atoms with Crippen molar-refractivity contribution in [2.75, 3.05) is 26.7 Å². The molecular formula is C21H36N4O. The Morgan fingerprint density at radius 1 is 1.31 bits per heavy atom. The number of guanidine groups is 1. The summed E-state index contributed by atoms with van der Waals surface area (Å²) in [6, 6.07) is 11.8. The molecule has 5 nitrogen and oxygen atoms in total. The predicted molar refractivity (Wildman–Crippen MR) is 110 cm³/mol. The second kappa shape index (κ2) is 9.93. The Hall–Kier alpha value is -1.59. The molecule has 1 aromatic carbocycles. The topological polar surface area (TPSA) is 48.9 Å². The van der Waals surface area contributed by atoms with Gasteiger partial charge in [-0.2, -0.15) is 0 Å². The highest BCUT2D eigenvalue weighted by Gasteiger charge is 2.26. The van der Waals surface area contributed by atoms with Crippen molar-refractivity contribution in [3.8, 4) is 0 Å². The third-order valence-electron chi connectivity index (χ3n) is 5.10. The van der Waals surface area contributed by atoms with Crippen LogP contribution in [0.4, 0.5) is 0 Å². The number of piperidine rings is 1. The fourth-order valence-corrected chi connectivity index (χ4v) is 3.25. The number of hydrogen-bond donors (Lipinski definition) is 2. The molecule has 0 bridgehead atoms. The predicted octanol–water partition coefficient (Wildman–Crippen LogP) is 3.02. The van der Waals surface area contributed by atoms with Gasteiger partial charge in [-0.3, -0.25) is 9.89 Å². The van der Waals surface area contributed by atoms with Crippen molar-refractivity contribution in [1.82, 2.24) is 15.5 Å². The minimum Gasteiger partial charge on any atom is -0.377 e. The van der Waals surface area contributed by atoms with E-state index in [1.807, 2.05) is 0 Å². The minimum absolute atomic E-state index is 0.241. The Balaban J connectivity index is 1.88. The van der Waals surface area contributed by atoms with Gasteiger partial charge in [-0.05, 0) is 46.1 Å². The Labute approximate surface area is 159 Å². The number of nitrogens with zero attached hydrogens (tertiary/aromatic N) is 2. The first-order chi connectivity index (χ1) is 12.4. The van der Waals surface area contributed by atoms with Gasteiger partial charge in [0, 0.05) is 38.8 Å². The van der Waals surface area contributed by atoms with Crippen LogP contribution in [-0.2, 0) is 11.3 Å². The zero-order chi connectivity index (χ0) is 19.0. The van der Waals surface area contributed by atoms with Gasteiger partial charge in [-0.15, -0.1) is 0 Å². The second-order valence-electron chi connectivity index (χ2n) is 7.83. The molecule has 0 saturated carbocycles. The van der Waals surface area contributed by atoms with Gasteiger partial charge in [0.15, 0.2) is 5.96 Å². The van der Waals surface area contributed by atoms with Gasteiger partial charge in [0.1, 0.15) is 0 Å². The van der Waals surface area contributed by atoms with Gasteiger partial charge in [0.2, 0.25) is 0 Å². The molecule has 0 amide bonds. The molecule has 2 rings (SSSR count). The van der Waals surface area contributed by atoms with Crippen LogP contribution < -0.4 is 10.6 Å². The number of rotatable bonds is 7. The molecule has 26 heavy (non-hydrogen) atoms. The van der Waals surface area contributed by atoms with E-state index < -0.39 is 0 Å². The van der Waals surface area contributed by atoms with Crippen molar-refractivity contribution in [2.45, 2.75) is 64.8 Å². The number of aliphatic imine (C=N–C) groups is 1. The normalized spacial score (nSPS) is 22.3. The zero-order valence-corrected chi connectivity index (χ0v) is 17.1. The van der Waals surface area contributed by atoms with E-state index in [2.05, 4.69) is 73.6 Å². The molecule has 1 saturated heterocycles. The average molecular weight is 361 g/mol. The van der Waals surface area contributed by atoms with Crippen molar-refractivity contribution in [1.29, 1.82) is 0 Å². The smallest absolute Gasteiger partial charge is 0.191 e. The highest BCUT2D eigenvalue weighted by atomic mass is 16.5. The minimum atomic E-state index is -0.241. The average Bonchev–Trinajstić information content (AvgIpc) is 2.63. The van der Waals surface area contributed by atoms with Crippen molar-refractivity contribution in [3.05, 3.63) is 35.9 Å². The van der Waals surface area contributed by atoms with Gasteiger partial charge in [0.05, 0.1) is 12.1 Å². The standard InChI is InChI=1S/C21H36N4O/c1-6-22-20(23-16-21(3,4)26-5)24-19-12-13-25(17(2)14-19)15-18-10-8-7-9-11-18/h7-11,17,19H,6,12-16H2,1-5H3,(H2,22,23,24). The molecule has 2 atom stereocenters. The van der Waals surface area contributed by atoms with E-state index in [9.17, 15) is 0 Å². The summed E-state index contributed by atoms with van der Waals surface area (Å²) in [4.78, 5) is 7.29. The summed E-state index contributed by atoms with van der Waals surface area (Å²) >= 11 is 0. The highest BCUT2D eigenvalue weighted by molar-refractivity contribution is 5.80.